The van der Waals surface area contributed by atoms with Crippen LogP contribution < -0.4 is 4.74 Å². The van der Waals surface area contributed by atoms with Crippen molar-refractivity contribution >= 4 is 70.9 Å². The minimum absolute atomic E-state index is 0.0619. The van der Waals surface area contributed by atoms with E-state index < -0.39 is 6.85 Å². The number of pyridine rings is 1. The van der Waals surface area contributed by atoms with Crippen LogP contribution in [0.2, 0.25) is 0 Å². The Kier molecular flexibility index (Phi) is 9.79. The number of imidazole rings is 1. The zero-order chi connectivity index (χ0) is 54.9. The Morgan fingerprint density at radius 1 is 0.474 bits per heavy atom. The number of para-hydroxylation sites is 5. The monoisotopic (exact) mass is 1190 g/mol. The van der Waals surface area contributed by atoms with Crippen LogP contribution in [0.15, 0.2) is 225 Å². The predicted molar refractivity (Wildman–Crippen MR) is 317 cm³/mol. The van der Waals surface area contributed by atoms with Gasteiger partial charge in [0.1, 0.15) is 0 Å². The van der Waals surface area contributed by atoms with Crippen LogP contribution in [0.25, 0.3) is 122 Å². The number of benzene rings is 10. The molecular weight excluding hydrogens is 1130 g/mol. The van der Waals surface area contributed by atoms with Crippen LogP contribution in [-0.2, 0) is 24.8 Å². The molecule has 0 saturated carbocycles. The molecule has 0 unspecified atom stereocenters. The summed E-state index contributed by atoms with van der Waals surface area (Å²) in [5.41, 5.74) is 16.0. The standard InChI is InChI=1S/C71H49N5O.Pt/c1-45-38-68(72-43-61(45)48-32-34-49(35-33-48)71(2,3)4)75-65-40-52(36-37-56(65)59-41-60-58-28-17-27-57-55-24-11-12-29-62(55)76(70(57)58)67(60)42-66(59)75)77-51-23-15-22-50(39-51)73-44-74(64-31-14-13-30-63(64)73)69-53(46-18-7-5-8-19-46)25-16-26-54(69)47-20-9-6-10-21-47;/h5-38,41-43H,1-4H3;/q-2;/i1D3;. The van der Waals surface area contributed by atoms with Crippen molar-refractivity contribution in [1.29, 1.82) is 0 Å². The average Bonchev–Trinajstić information content (AvgIpc) is 3.52. The molecular formula is C71H49N5OPt-2. The van der Waals surface area contributed by atoms with E-state index in [0.29, 0.717) is 28.4 Å². The van der Waals surface area contributed by atoms with Crippen molar-refractivity contribution in [3.05, 3.63) is 252 Å². The summed E-state index contributed by atoms with van der Waals surface area (Å²) in [6, 6.07) is 83.1. The quantitative estimate of drug-likeness (QED) is 0.142. The molecule has 6 nitrogen and oxygen atoms in total. The van der Waals surface area contributed by atoms with Crippen LogP contribution in [-0.4, -0.2) is 23.1 Å². The van der Waals surface area contributed by atoms with E-state index in [1.165, 1.54) is 21.7 Å². The molecule has 7 heteroatoms. The molecule has 5 aromatic heterocycles. The van der Waals surface area contributed by atoms with Gasteiger partial charge in [-0.15, -0.1) is 0 Å². The number of rotatable bonds is 8. The number of ether oxygens (including phenoxy) is 1. The first-order chi connectivity index (χ1) is 39.4. The Bertz CT molecular complexity index is 5010. The Balaban J connectivity index is 0.904. The van der Waals surface area contributed by atoms with E-state index in [9.17, 15) is 0 Å². The number of nitrogens with zero attached hydrogens (tertiary/aromatic N) is 5. The van der Waals surface area contributed by atoms with Gasteiger partial charge in [-0.2, -0.15) is 0 Å². The van der Waals surface area contributed by atoms with Gasteiger partial charge in [0.2, 0.25) is 0 Å². The zero-order valence-electron chi connectivity index (χ0n) is 45.8. The minimum Gasteiger partial charge on any atom is -0.0579 e. The van der Waals surface area contributed by atoms with E-state index in [1.807, 2.05) is 30.3 Å². The summed E-state index contributed by atoms with van der Waals surface area (Å²) >= 11 is 2.46. The zero-order valence-corrected chi connectivity index (χ0v) is 45.1. The first-order valence-electron chi connectivity index (χ1n) is 27.7. The van der Waals surface area contributed by atoms with Gasteiger partial charge in [-0.05, 0) is 35.0 Å². The van der Waals surface area contributed by atoms with Gasteiger partial charge in [0.25, 0.3) is 0 Å². The smallest absolute Gasteiger partial charge is 0.0579 e. The Morgan fingerprint density at radius 3 is 1.79 bits per heavy atom. The third kappa shape index (κ3) is 7.20. The molecule has 0 fully saturated rings. The van der Waals surface area contributed by atoms with E-state index in [-0.39, 0.29) is 11.0 Å². The topological polar surface area (TPSA) is 41.3 Å². The van der Waals surface area contributed by atoms with Gasteiger partial charge < -0.3 is 4.40 Å². The van der Waals surface area contributed by atoms with E-state index in [2.05, 4.69) is 252 Å². The molecule has 0 N–H and O–H groups in total. The SMILES string of the molecule is [2H]C([2H])([2H])c1cc(-n2c3[c-]c(Oc4[c-]c(-n5[c](=[Pt])n(-c6c(-c7ccccc7)cccc6-c6ccccc6)c6ccccc65)ccc4)ccc3c3cc4c5cccc6c7ccccc7n(c4cc32)c65)ncc1-c1ccc(C(C)(C)C)cc1. The number of aryl methyl sites for hydroxylation is 1. The third-order valence-corrected chi connectivity index (χ3v) is 16.5. The molecule has 0 aliphatic rings. The van der Waals surface area contributed by atoms with Crippen molar-refractivity contribution in [2.45, 2.75) is 33.0 Å². The van der Waals surface area contributed by atoms with Crippen LogP contribution in [0.5, 0.6) is 11.5 Å². The second-order valence-electron chi connectivity index (χ2n) is 21.1. The van der Waals surface area contributed by atoms with E-state index >= 15 is 0 Å². The fourth-order valence-corrected chi connectivity index (χ4v) is 12.9. The third-order valence-electron chi connectivity index (χ3n) is 15.5. The predicted octanol–water partition coefficient (Wildman–Crippen LogP) is 18.1. The molecule has 78 heavy (non-hydrogen) atoms. The van der Waals surface area contributed by atoms with Gasteiger partial charge in [0.15, 0.2) is 0 Å². The number of hydrogen-bond acceptors (Lipinski definition) is 2. The molecule has 10 aromatic carbocycles. The molecule has 0 aliphatic carbocycles. The van der Waals surface area contributed by atoms with Crippen LogP contribution in [0.3, 0.4) is 0 Å². The Morgan fingerprint density at radius 2 is 1.08 bits per heavy atom. The Hall–Kier alpha value is -9.09. The summed E-state index contributed by atoms with van der Waals surface area (Å²) in [7, 11) is 0. The molecule has 376 valence electrons. The summed E-state index contributed by atoms with van der Waals surface area (Å²) in [6.07, 6.45) is 1.71. The van der Waals surface area contributed by atoms with Crippen LogP contribution in [0.4, 0.5) is 0 Å². The van der Waals surface area contributed by atoms with Gasteiger partial charge >= 0.3 is 294 Å². The number of hydrogen-bond donors (Lipinski definition) is 0. The molecule has 15 aromatic rings. The minimum atomic E-state index is -2.45. The van der Waals surface area contributed by atoms with E-state index in [1.54, 1.807) is 12.3 Å². The molecule has 0 saturated heterocycles. The average molecular weight is 1190 g/mol. The molecule has 0 atom stereocenters. The van der Waals surface area contributed by atoms with E-state index in [4.69, 9.17) is 13.8 Å². The first kappa shape index (κ1) is 43.1. The van der Waals surface area contributed by atoms with Crippen molar-refractivity contribution in [3.8, 4) is 62.1 Å². The summed E-state index contributed by atoms with van der Waals surface area (Å²) in [5, 5.41) is 6.59. The van der Waals surface area contributed by atoms with Gasteiger partial charge in [0, 0.05) is 37.4 Å². The van der Waals surface area contributed by atoms with Crippen molar-refractivity contribution < 1.29 is 28.2 Å². The van der Waals surface area contributed by atoms with Crippen molar-refractivity contribution in [1.82, 2.24) is 23.1 Å². The van der Waals surface area contributed by atoms with Gasteiger partial charge in [0.05, 0.1) is 16.6 Å². The van der Waals surface area contributed by atoms with Gasteiger partial charge in [-0.25, -0.2) is 0 Å². The fourth-order valence-electron chi connectivity index (χ4n) is 11.9. The van der Waals surface area contributed by atoms with Crippen molar-refractivity contribution in [3.63, 3.8) is 0 Å². The summed E-state index contributed by atoms with van der Waals surface area (Å²) in [4.78, 5) is 5.15. The number of aromatic nitrogens is 5. The molecule has 0 aliphatic heterocycles. The van der Waals surface area contributed by atoms with Gasteiger partial charge in [-0.3, -0.25) is 0 Å². The second-order valence-corrected chi connectivity index (χ2v) is 22.1. The molecule has 0 radical (unpaired) electrons. The van der Waals surface area contributed by atoms with Crippen molar-refractivity contribution in [2.75, 3.05) is 0 Å². The Labute approximate surface area is 466 Å². The van der Waals surface area contributed by atoms with Crippen LogP contribution in [0, 0.1) is 22.8 Å². The second kappa shape index (κ2) is 17.7. The van der Waals surface area contributed by atoms with E-state index in [0.717, 1.165) is 92.3 Å². The number of fused-ring (bicyclic) bond motifs is 10. The molecule has 0 spiro atoms. The maximum atomic E-state index is 8.94. The van der Waals surface area contributed by atoms with Crippen LogP contribution in [0.1, 0.15) is 36.0 Å². The van der Waals surface area contributed by atoms with Crippen molar-refractivity contribution in [2.24, 2.45) is 0 Å². The molecule has 15 rings (SSSR count). The van der Waals surface area contributed by atoms with Crippen LogP contribution >= 0.6 is 0 Å². The normalized spacial score (nSPS) is 12.9. The summed E-state index contributed by atoms with van der Waals surface area (Å²) in [6.45, 7) is 4.06. The fraction of sp³-hybridized carbons (Fsp3) is 0.0704. The molecule has 0 bridgehead atoms. The summed E-state index contributed by atoms with van der Waals surface area (Å²) in [5.74, 6) is 1.43. The summed E-state index contributed by atoms with van der Waals surface area (Å²) < 4.78 is 43.7. The first-order valence-corrected chi connectivity index (χ1v) is 27.3. The molecule has 5 heterocycles. The van der Waals surface area contributed by atoms with Gasteiger partial charge in [-0.1, -0.05) is 81.4 Å². The molecule has 0 amide bonds. The maximum absolute atomic E-state index is 8.94.